The van der Waals surface area contributed by atoms with Gasteiger partial charge in [-0.2, -0.15) is 5.10 Å². The molecule has 0 atom stereocenters. The first kappa shape index (κ1) is 18.2. The molecule has 146 valence electrons. The van der Waals surface area contributed by atoms with E-state index < -0.39 is 0 Å². The van der Waals surface area contributed by atoms with Crippen molar-refractivity contribution in [3.8, 4) is 0 Å². The summed E-state index contributed by atoms with van der Waals surface area (Å²) in [4.78, 5) is 25.3. The van der Waals surface area contributed by atoms with Crippen LogP contribution in [0.2, 0.25) is 0 Å². The van der Waals surface area contributed by atoms with Crippen molar-refractivity contribution in [1.82, 2.24) is 29.5 Å². The smallest absolute Gasteiger partial charge is 0.244 e. The predicted molar refractivity (Wildman–Crippen MR) is 103 cm³/mol. The molecule has 0 aromatic carbocycles. The second-order valence-electron chi connectivity index (χ2n) is 7.97. The highest BCUT2D eigenvalue weighted by Gasteiger charge is 2.45. The van der Waals surface area contributed by atoms with Crippen LogP contribution in [0.5, 0.6) is 0 Å². The minimum absolute atomic E-state index is 0.0298. The van der Waals surface area contributed by atoms with Crippen molar-refractivity contribution in [1.29, 1.82) is 0 Å². The van der Waals surface area contributed by atoms with Crippen molar-refractivity contribution in [2.45, 2.75) is 58.5 Å². The number of hydrogen-bond donors (Lipinski definition) is 1. The quantitative estimate of drug-likeness (QED) is 0.894. The molecule has 4 heterocycles. The maximum absolute atomic E-state index is 12.9. The number of aryl methyl sites for hydroxylation is 1. The van der Waals surface area contributed by atoms with Crippen molar-refractivity contribution >= 4 is 5.91 Å². The van der Waals surface area contributed by atoms with E-state index in [0.29, 0.717) is 6.54 Å². The molecule has 0 unspecified atom stereocenters. The Balaban J connectivity index is 1.46. The number of carbonyl (C=O) groups is 1. The minimum atomic E-state index is -0.0298. The molecule has 2 aliphatic heterocycles. The number of aromatic nitrogens is 4. The number of nitrogens with one attached hydrogen (secondary N) is 1. The first-order valence-electron chi connectivity index (χ1n) is 10.0. The van der Waals surface area contributed by atoms with Crippen LogP contribution in [0, 0.1) is 13.8 Å². The number of carbonyl (C=O) groups excluding carboxylic acids is 1. The molecule has 0 saturated carbocycles. The molecule has 7 heteroatoms. The van der Waals surface area contributed by atoms with Gasteiger partial charge in [0.1, 0.15) is 6.54 Å². The number of aromatic amines is 1. The summed E-state index contributed by atoms with van der Waals surface area (Å²) in [5.74, 6) is 0.166. The number of amides is 1. The first-order chi connectivity index (χ1) is 13.0. The molecular formula is C20H30N6O. The number of likely N-dealkylation sites (tertiary alicyclic amines) is 1. The summed E-state index contributed by atoms with van der Waals surface area (Å²) in [5.41, 5.74) is 5.84. The summed E-state index contributed by atoms with van der Waals surface area (Å²) in [6.45, 7) is 9.14. The average Bonchev–Trinajstić information content (AvgIpc) is 3.24. The number of hydrogen-bond acceptors (Lipinski definition) is 4. The van der Waals surface area contributed by atoms with Gasteiger partial charge in [-0.05, 0) is 45.7 Å². The number of rotatable bonds is 3. The van der Waals surface area contributed by atoms with Crippen LogP contribution in [-0.2, 0) is 29.7 Å². The van der Waals surface area contributed by atoms with E-state index in [1.54, 1.807) is 0 Å². The fraction of sp³-hybridized carbons (Fsp3) is 0.650. The maximum Gasteiger partial charge on any atom is 0.244 e. The molecule has 1 amide bonds. The van der Waals surface area contributed by atoms with E-state index in [0.717, 1.165) is 56.7 Å². The highest BCUT2D eigenvalue weighted by molar-refractivity contribution is 5.76. The standard InChI is InChI=1S/C20H30N6O/c1-5-16-14(2)23-26(15(16)3)12-18(27)25-10-7-20(8-11-25)19-17(21-13-22-19)6-9-24(20)4/h13H,5-12H2,1-4H3,(H,21,22). The lowest BCUT2D eigenvalue weighted by Crippen LogP contribution is -2.56. The summed E-state index contributed by atoms with van der Waals surface area (Å²) >= 11 is 0. The second kappa shape index (κ2) is 6.78. The van der Waals surface area contributed by atoms with Crippen LogP contribution >= 0.6 is 0 Å². The minimum Gasteiger partial charge on any atom is -0.348 e. The maximum atomic E-state index is 12.9. The molecule has 2 aliphatic rings. The van der Waals surface area contributed by atoms with Gasteiger partial charge in [0.2, 0.25) is 5.91 Å². The van der Waals surface area contributed by atoms with Gasteiger partial charge in [0.15, 0.2) is 0 Å². The van der Waals surface area contributed by atoms with Gasteiger partial charge in [0.25, 0.3) is 0 Å². The average molecular weight is 371 g/mol. The summed E-state index contributed by atoms with van der Waals surface area (Å²) in [5, 5.41) is 4.58. The molecule has 1 fully saturated rings. The number of likely N-dealkylation sites (N-methyl/N-ethyl adjacent to an activating group) is 1. The molecule has 0 aliphatic carbocycles. The molecule has 1 spiro atoms. The molecule has 4 rings (SSSR count). The van der Waals surface area contributed by atoms with Crippen LogP contribution in [0.1, 0.15) is 48.1 Å². The zero-order valence-corrected chi connectivity index (χ0v) is 16.9. The van der Waals surface area contributed by atoms with Crippen molar-refractivity contribution in [3.63, 3.8) is 0 Å². The van der Waals surface area contributed by atoms with E-state index in [2.05, 4.69) is 40.9 Å². The fourth-order valence-corrected chi connectivity index (χ4v) is 4.96. The largest absolute Gasteiger partial charge is 0.348 e. The molecule has 2 aromatic heterocycles. The lowest BCUT2D eigenvalue weighted by Gasteiger charge is -2.49. The Morgan fingerprint density at radius 2 is 2.00 bits per heavy atom. The molecule has 0 bridgehead atoms. The third kappa shape index (κ3) is 2.88. The zero-order valence-electron chi connectivity index (χ0n) is 16.9. The molecular weight excluding hydrogens is 340 g/mol. The van der Waals surface area contributed by atoms with E-state index >= 15 is 0 Å². The highest BCUT2D eigenvalue weighted by Crippen LogP contribution is 2.41. The monoisotopic (exact) mass is 370 g/mol. The lowest BCUT2D eigenvalue weighted by atomic mass is 9.79. The molecule has 7 nitrogen and oxygen atoms in total. The van der Waals surface area contributed by atoms with Crippen LogP contribution in [0.15, 0.2) is 6.33 Å². The number of fused-ring (bicyclic) bond motifs is 2. The first-order valence-corrected chi connectivity index (χ1v) is 10.0. The summed E-state index contributed by atoms with van der Waals surface area (Å²) in [7, 11) is 2.19. The van der Waals surface area contributed by atoms with Crippen LogP contribution < -0.4 is 0 Å². The Bertz CT molecular complexity index is 843. The SMILES string of the molecule is CCc1c(C)nn(CC(=O)N2CCC3(CC2)c2nc[nH]c2CCN3C)c1C. The van der Waals surface area contributed by atoms with E-state index in [1.165, 1.54) is 17.0 Å². The zero-order chi connectivity index (χ0) is 19.2. The second-order valence-corrected chi connectivity index (χ2v) is 7.97. The van der Waals surface area contributed by atoms with Crippen molar-refractivity contribution < 1.29 is 4.79 Å². The third-order valence-corrected chi connectivity index (χ3v) is 6.70. The Morgan fingerprint density at radius 3 is 2.67 bits per heavy atom. The van der Waals surface area contributed by atoms with Gasteiger partial charge in [-0.1, -0.05) is 6.92 Å². The third-order valence-electron chi connectivity index (χ3n) is 6.70. The Kier molecular flexibility index (Phi) is 4.58. The number of piperidine rings is 1. The Morgan fingerprint density at radius 1 is 1.26 bits per heavy atom. The van der Waals surface area contributed by atoms with Gasteiger partial charge in [0.05, 0.1) is 23.3 Å². The lowest BCUT2D eigenvalue weighted by molar-refractivity contribution is -0.135. The highest BCUT2D eigenvalue weighted by atomic mass is 16.2. The summed E-state index contributed by atoms with van der Waals surface area (Å²) < 4.78 is 1.87. The van der Waals surface area contributed by atoms with Crippen LogP contribution in [-0.4, -0.2) is 62.1 Å². The van der Waals surface area contributed by atoms with Gasteiger partial charge >= 0.3 is 0 Å². The van der Waals surface area contributed by atoms with E-state index in [9.17, 15) is 4.79 Å². The van der Waals surface area contributed by atoms with Gasteiger partial charge < -0.3 is 9.88 Å². The predicted octanol–water partition coefficient (Wildman–Crippen LogP) is 1.79. The van der Waals surface area contributed by atoms with Crippen molar-refractivity contribution in [2.75, 3.05) is 26.7 Å². The number of H-pyrrole nitrogens is 1. The molecule has 1 N–H and O–H groups in total. The topological polar surface area (TPSA) is 70.0 Å². The molecule has 0 radical (unpaired) electrons. The molecule has 1 saturated heterocycles. The van der Waals surface area contributed by atoms with Crippen LogP contribution in [0.25, 0.3) is 0 Å². The van der Waals surface area contributed by atoms with Gasteiger partial charge in [0, 0.05) is 37.4 Å². The van der Waals surface area contributed by atoms with Crippen molar-refractivity contribution in [3.05, 3.63) is 34.7 Å². The molecule has 27 heavy (non-hydrogen) atoms. The Labute approximate surface area is 160 Å². The van der Waals surface area contributed by atoms with E-state index in [4.69, 9.17) is 0 Å². The van der Waals surface area contributed by atoms with Gasteiger partial charge in [-0.3, -0.25) is 14.4 Å². The van der Waals surface area contributed by atoms with Gasteiger partial charge in [-0.15, -0.1) is 0 Å². The van der Waals surface area contributed by atoms with Crippen LogP contribution in [0.3, 0.4) is 0 Å². The number of nitrogens with zero attached hydrogens (tertiary/aromatic N) is 5. The Hall–Kier alpha value is -2.15. The summed E-state index contributed by atoms with van der Waals surface area (Å²) in [6.07, 6.45) is 5.66. The van der Waals surface area contributed by atoms with Crippen molar-refractivity contribution in [2.24, 2.45) is 0 Å². The van der Waals surface area contributed by atoms with E-state index in [-0.39, 0.29) is 11.4 Å². The number of imidazole rings is 1. The normalized spacial score (nSPS) is 19.5. The van der Waals surface area contributed by atoms with Crippen LogP contribution in [0.4, 0.5) is 0 Å². The molecule has 2 aromatic rings. The van der Waals surface area contributed by atoms with E-state index in [1.807, 2.05) is 22.8 Å². The fourth-order valence-electron chi connectivity index (χ4n) is 4.96. The summed E-state index contributed by atoms with van der Waals surface area (Å²) in [6, 6.07) is 0. The van der Waals surface area contributed by atoms with Gasteiger partial charge in [-0.25, -0.2) is 4.98 Å².